The van der Waals surface area contributed by atoms with Crippen molar-refractivity contribution < 1.29 is 4.39 Å². The first-order valence-electron chi connectivity index (χ1n) is 6.71. The highest BCUT2D eigenvalue weighted by atomic mass is 19.1. The molecule has 0 radical (unpaired) electrons. The number of benzene rings is 1. The van der Waals surface area contributed by atoms with Crippen LogP contribution in [0.4, 0.5) is 4.39 Å². The van der Waals surface area contributed by atoms with Gasteiger partial charge >= 0.3 is 0 Å². The summed E-state index contributed by atoms with van der Waals surface area (Å²) in [5, 5.41) is 9.54. The summed E-state index contributed by atoms with van der Waals surface area (Å²) >= 11 is 0. The van der Waals surface area contributed by atoms with Crippen LogP contribution in [0.1, 0.15) is 43.7 Å². The second kappa shape index (κ2) is 5.10. The number of hydrogen-bond donors (Lipinski definition) is 0. The van der Waals surface area contributed by atoms with Crippen LogP contribution in [0.2, 0.25) is 0 Å². The zero-order chi connectivity index (χ0) is 13.2. The molecule has 1 fully saturated rings. The maximum absolute atomic E-state index is 13.3. The summed E-state index contributed by atoms with van der Waals surface area (Å²) in [5.74, 6) is 0.403. The topological polar surface area (TPSA) is 23.8 Å². The fourth-order valence-electron chi connectivity index (χ4n) is 3.16. The Labute approximate surface area is 109 Å². The Hall–Kier alpha value is -1.36. The first-order valence-corrected chi connectivity index (χ1v) is 6.71. The van der Waals surface area contributed by atoms with E-state index in [4.69, 9.17) is 0 Å². The molecule has 1 saturated carbocycles. The van der Waals surface area contributed by atoms with Gasteiger partial charge in [-0.25, -0.2) is 4.39 Å². The van der Waals surface area contributed by atoms with Crippen LogP contribution in [-0.4, -0.2) is 0 Å². The lowest BCUT2D eigenvalue weighted by Gasteiger charge is -2.34. The smallest absolute Gasteiger partial charge is 0.123 e. The van der Waals surface area contributed by atoms with Crippen LogP contribution >= 0.6 is 0 Å². The van der Waals surface area contributed by atoms with Crippen molar-refractivity contribution in [3.63, 3.8) is 0 Å². The molecule has 2 heteroatoms. The molecule has 0 aromatic heterocycles. The molecule has 2 atom stereocenters. The standard InChI is InChI=1S/C16H20FN/c1-12-4-3-7-16(9-12,11-18)10-14-8-15(17)6-5-13(14)2/h5-6,8,12H,3-4,7,9-10H2,1-2H3. The molecule has 0 bridgehead atoms. The van der Waals surface area contributed by atoms with E-state index in [1.165, 1.54) is 12.5 Å². The lowest BCUT2D eigenvalue weighted by atomic mass is 9.67. The molecule has 0 heterocycles. The van der Waals surface area contributed by atoms with Gasteiger partial charge in [-0.15, -0.1) is 0 Å². The molecule has 1 aliphatic carbocycles. The Morgan fingerprint density at radius 1 is 1.50 bits per heavy atom. The third-order valence-corrected chi connectivity index (χ3v) is 4.17. The molecule has 2 rings (SSSR count). The molecule has 96 valence electrons. The second-order valence-corrected chi connectivity index (χ2v) is 5.84. The van der Waals surface area contributed by atoms with Crippen molar-refractivity contribution >= 4 is 0 Å². The van der Waals surface area contributed by atoms with Crippen LogP contribution in [-0.2, 0) is 6.42 Å². The minimum Gasteiger partial charge on any atom is -0.207 e. The Morgan fingerprint density at radius 3 is 2.94 bits per heavy atom. The second-order valence-electron chi connectivity index (χ2n) is 5.84. The van der Waals surface area contributed by atoms with Crippen LogP contribution in [0.3, 0.4) is 0 Å². The van der Waals surface area contributed by atoms with E-state index in [0.717, 1.165) is 30.4 Å². The fraction of sp³-hybridized carbons (Fsp3) is 0.562. The van der Waals surface area contributed by atoms with Crippen LogP contribution in [0, 0.1) is 35.4 Å². The molecule has 0 aliphatic heterocycles. The van der Waals surface area contributed by atoms with Crippen molar-refractivity contribution in [1.29, 1.82) is 5.26 Å². The number of hydrogen-bond acceptors (Lipinski definition) is 1. The monoisotopic (exact) mass is 245 g/mol. The molecule has 0 N–H and O–H groups in total. The Balaban J connectivity index is 2.25. The van der Waals surface area contributed by atoms with Crippen molar-refractivity contribution in [3.8, 4) is 6.07 Å². The number of halogens is 1. The maximum atomic E-state index is 13.3. The molecular formula is C16H20FN. The average molecular weight is 245 g/mol. The van der Waals surface area contributed by atoms with Gasteiger partial charge in [0.25, 0.3) is 0 Å². The van der Waals surface area contributed by atoms with Crippen molar-refractivity contribution in [2.45, 2.75) is 46.0 Å². The average Bonchev–Trinajstić information content (AvgIpc) is 2.34. The van der Waals surface area contributed by atoms with Crippen LogP contribution < -0.4 is 0 Å². The van der Waals surface area contributed by atoms with Gasteiger partial charge in [0.1, 0.15) is 5.82 Å². The Morgan fingerprint density at radius 2 is 2.28 bits per heavy atom. The normalized spacial score (nSPS) is 27.8. The van der Waals surface area contributed by atoms with Crippen LogP contribution in [0.25, 0.3) is 0 Å². The van der Waals surface area contributed by atoms with E-state index < -0.39 is 0 Å². The summed E-state index contributed by atoms with van der Waals surface area (Å²) in [6, 6.07) is 7.41. The van der Waals surface area contributed by atoms with Gasteiger partial charge < -0.3 is 0 Å². The SMILES string of the molecule is Cc1ccc(F)cc1CC1(C#N)CCCC(C)C1. The maximum Gasteiger partial charge on any atom is 0.123 e. The van der Waals surface area contributed by atoms with E-state index in [0.29, 0.717) is 12.3 Å². The predicted octanol–water partition coefficient (Wildman–Crippen LogP) is 4.40. The van der Waals surface area contributed by atoms with E-state index in [1.807, 2.05) is 13.0 Å². The van der Waals surface area contributed by atoms with Crippen molar-refractivity contribution in [1.82, 2.24) is 0 Å². The van der Waals surface area contributed by atoms with Crippen LogP contribution in [0.5, 0.6) is 0 Å². The highest BCUT2D eigenvalue weighted by molar-refractivity contribution is 5.29. The zero-order valence-electron chi connectivity index (χ0n) is 11.2. The summed E-state index contributed by atoms with van der Waals surface area (Å²) in [6.07, 6.45) is 4.91. The van der Waals surface area contributed by atoms with Gasteiger partial charge in [-0.2, -0.15) is 5.26 Å². The third kappa shape index (κ3) is 2.72. The van der Waals surface area contributed by atoms with Gasteiger partial charge in [-0.3, -0.25) is 0 Å². The summed E-state index contributed by atoms with van der Waals surface area (Å²) in [4.78, 5) is 0. The Kier molecular flexibility index (Phi) is 3.71. The van der Waals surface area contributed by atoms with Crippen LogP contribution in [0.15, 0.2) is 18.2 Å². The van der Waals surface area contributed by atoms with Gasteiger partial charge in [0.15, 0.2) is 0 Å². The minimum atomic E-state index is -0.282. The van der Waals surface area contributed by atoms with E-state index in [1.54, 1.807) is 6.07 Å². The lowest BCUT2D eigenvalue weighted by molar-refractivity contribution is 0.209. The number of aryl methyl sites for hydroxylation is 1. The van der Waals surface area contributed by atoms with Crippen molar-refractivity contribution in [3.05, 3.63) is 35.1 Å². The molecule has 1 aliphatic rings. The van der Waals surface area contributed by atoms with Gasteiger partial charge in [0.05, 0.1) is 11.5 Å². The predicted molar refractivity (Wildman–Crippen MR) is 70.5 cm³/mol. The molecule has 1 aromatic carbocycles. The minimum absolute atomic E-state index is 0.201. The van der Waals surface area contributed by atoms with Gasteiger partial charge in [-0.1, -0.05) is 25.8 Å². The first kappa shape index (κ1) is 13.1. The zero-order valence-corrected chi connectivity index (χ0v) is 11.2. The molecule has 0 spiro atoms. The largest absolute Gasteiger partial charge is 0.207 e. The molecule has 2 unspecified atom stereocenters. The first-order chi connectivity index (χ1) is 8.54. The summed E-state index contributed by atoms with van der Waals surface area (Å²) in [7, 11) is 0. The number of nitrogens with zero attached hydrogens (tertiary/aromatic N) is 1. The van der Waals surface area contributed by atoms with E-state index >= 15 is 0 Å². The van der Waals surface area contributed by atoms with E-state index in [-0.39, 0.29) is 11.2 Å². The molecule has 1 aromatic rings. The summed E-state index contributed by atoms with van der Waals surface area (Å²) < 4.78 is 13.3. The third-order valence-electron chi connectivity index (χ3n) is 4.17. The highest BCUT2D eigenvalue weighted by Gasteiger charge is 2.35. The summed E-state index contributed by atoms with van der Waals surface area (Å²) in [5.41, 5.74) is 1.80. The number of rotatable bonds is 2. The Bertz CT molecular complexity index is 474. The van der Waals surface area contributed by atoms with Gasteiger partial charge in [0.2, 0.25) is 0 Å². The highest BCUT2D eigenvalue weighted by Crippen LogP contribution is 2.41. The molecular weight excluding hydrogens is 225 g/mol. The van der Waals surface area contributed by atoms with Gasteiger partial charge in [0, 0.05) is 0 Å². The quantitative estimate of drug-likeness (QED) is 0.757. The van der Waals surface area contributed by atoms with E-state index in [9.17, 15) is 9.65 Å². The summed E-state index contributed by atoms with van der Waals surface area (Å²) in [6.45, 7) is 4.20. The fourth-order valence-corrected chi connectivity index (χ4v) is 3.16. The van der Waals surface area contributed by atoms with E-state index in [2.05, 4.69) is 13.0 Å². The van der Waals surface area contributed by atoms with Crippen molar-refractivity contribution in [2.75, 3.05) is 0 Å². The molecule has 18 heavy (non-hydrogen) atoms. The molecule has 0 amide bonds. The van der Waals surface area contributed by atoms with Gasteiger partial charge in [-0.05, 0) is 55.4 Å². The molecule has 0 saturated heterocycles. The lowest BCUT2D eigenvalue weighted by Crippen LogP contribution is -2.29. The van der Waals surface area contributed by atoms with Crippen molar-refractivity contribution in [2.24, 2.45) is 11.3 Å². The number of nitriles is 1. The molecule has 1 nitrogen and oxygen atoms in total.